The van der Waals surface area contributed by atoms with Gasteiger partial charge in [-0.25, -0.2) is 0 Å². The average Bonchev–Trinajstić information content (AvgIpc) is 2.90. The molecule has 3 rings (SSSR count). The quantitative estimate of drug-likeness (QED) is 0.767. The highest BCUT2D eigenvalue weighted by Crippen LogP contribution is 2.37. The summed E-state index contributed by atoms with van der Waals surface area (Å²) < 4.78 is 0. The Morgan fingerprint density at radius 3 is 2.41 bits per heavy atom. The van der Waals surface area contributed by atoms with Crippen LogP contribution >= 0.6 is 12.2 Å². The first-order chi connectivity index (χ1) is 8.33. The number of para-hydroxylation sites is 1. The molecule has 1 aromatic rings. The van der Waals surface area contributed by atoms with Crippen LogP contribution in [0, 0.1) is 11.8 Å². The number of thiocarbonyl (C=S) groups is 1. The fourth-order valence-electron chi connectivity index (χ4n) is 3.12. The SMILES string of the molecule is S=C(Nc1ccccc1)N1CC2CCCC2C1. The lowest BCUT2D eigenvalue weighted by molar-refractivity contribution is 0.471. The van der Waals surface area contributed by atoms with Crippen molar-refractivity contribution in [3.05, 3.63) is 30.3 Å². The molecule has 1 aliphatic carbocycles. The predicted octanol–water partition coefficient (Wildman–Crippen LogP) is 3.12. The Balaban J connectivity index is 1.61. The van der Waals surface area contributed by atoms with Crippen LogP contribution in [0.3, 0.4) is 0 Å². The molecule has 3 heteroatoms. The zero-order valence-corrected chi connectivity index (χ0v) is 10.7. The molecule has 1 saturated heterocycles. The summed E-state index contributed by atoms with van der Waals surface area (Å²) in [5, 5.41) is 4.22. The largest absolute Gasteiger partial charge is 0.348 e. The van der Waals surface area contributed by atoms with E-state index in [0.717, 1.165) is 35.7 Å². The Labute approximate surface area is 108 Å². The van der Waals surface area contributed by atoms with Crippen molar-refractivity contribution < 1.29 is 0 Å². The Hall–Kier alpha value is -1.09. The minimum absolute atomic E-state index is 0.894. The van der Waals surface area contributed by atoms with Crippen molar-refractivity contribution in [3.63, 3.8) is 0 Å². The molecule has 0 bridgehead atoms. The molecule has 1 N–H and O–H groups in total. The molecule has 1 heterocycles. The zero-order valence-electron chi connectivity index (χ0n) is 9.93. The number of nitrogens with one attached hydrogen (secondary N) is 1. The third kappa shape index (κ3) is 2.29. The van der Waals surface area contributed by atoms with E-state index in [4.69, 9.17) is 12.2 Å². The van der Waals surface area contributed by atoms with Gasteiger partial charge < -0.3 is 10.2 Å². The van der Waals surface area contributed by atoms with Gasteiger partial charge >= 0.3 is 0 Å². The molecular formula is C14H18N2S. The van der Waals surface area contributed by atoms with Gasteiger partial charge in [0.1, 0.15) is 0 Å². The van der Waals surface area contributed by atoms with Crippen LogP contribution in [0.1, 0.15) is 19.3 Å². The maximum absolute atomic E-state index is 5.49. The molecule has 1 aromatic carbocycles. The molecule has 17 heavy (non-hydrogen) atoms. The van der Waals surface area contributed by atoms with Crippen molar-refractivity contribution in [1.82, 2.24) is 4.90 Å². The number of likely N-dealkylation sites (tertiary alicyclic amines) is 1. The van der Waals surface area contributed by atoms with Gasteiger partial charge in [-0.3, -0.25) is 0 Å². The average molecular weight is 246 g/mol. The summed E-state index contributed by atoms with van der Waals surface area (Å²) in [5.41, 5.74) is 1.09. The molecule has 0 spiro atoms. The van der Waals surface area contributed by atoms with Gasteiger partial charge in [0.15, 0.2) is 5.11 Å². The van der Waals surface area contributed by atoms with E-state index in [1.54, 1.807) is 0 Å². The van der Waals surface area contributed by atoms with E-state index in [2.05, 4.69) is 22.3 Å². The minimum Gasteiger partial charge on any atom is -0.348 e. The maximum Gasteiger partial charge on any atom is 0.173 e. The van der Waals surface area contributed by atoms with E-state index in [-0.39, 0.29) is 0 Å². The standard InChI is InChI=1S/C14H18N2S/c17-14(15-13-7-2-1-3-8-13)16-9-11-5-4-6-12(11)10-16/h1-3,7-8,11-12H,4-6,9-10H2,(H,15,17). The van der Waals surface area contributed by atoms with Crippen molar-refractivity contribution in [2.24, 2.45) is 11.8 Å². The third-order valence-corrected chi connectivity index (χ3v) is 4.40. The molecule has 0 radical (unpaired) electrons. The van der Waals surface area contributed by atoms with Crippen LogP contribution < -0.4 is 5.32 Å². The smallest absolute Gasteiger partial charge is 0.173 e. The molecule has 1 aliphatic heterocycles. The fourth-order valence-corrected chi connectivity index (χ4v) is 3.39. The summed E-state index contributed by atoms with van der Waals surface area (Å²) in [5.74, 6) is 1.79. The van der Waals surface area contributed by atoms with Crippen LogP contribution in [0.5, 0.6) is 0 Å². The number of fused-ring (bicyclic) bond motifs is 1. The molecule has 2 atom stereocenters. The number of benzene rings is 1. The maximum atomic E-state index is 5.49. The highest BCUT2D eigenvalue weighted by Gasteiger charge is 2.36. The van der Waals surface area contributed by atoms with Gasteiger partial charge in [0, 0.05) is 18.8 Å². The first-order valence-electron chi connectivity index (χ1n) is 6.44. The van der Waals surface area contributed by atoms with Gasteiger partial charge in [-0.2, -0.15) is 0 Å². The van der Waals surface area contributed by atoms with Crippen LogP contribution in [0.15, 0.2) is 30.3 Å². The van der Waals surface area contributed by atoms with Crippen LogP contribution in [0.25, 0.3) is 0 Å². The van der Waals surface area contributed by atoms with Crippen LogP contribution in [0.4, 0.5) is 5.69 Å². The lowest BCUT2D eigenvalue weighted by atomic mass is 10.0. The van der Waals surface area contributed by atoms with Gasteiger partial charge in [0.05, 0.1) is 0 Å². The van der Waals surface area contributed by atoms with Crippen LogP contribution in [-0.2, 0) is 0 Å². The number of nitrogens with zero attached hydrogens (tertiary/aromatic N) is 1. The topological polar surface area (TPSA) is 15.3 Å². The van der Waals surface area contributed by atoms with E-state index in [9.17, 15) is 0 Å². The van der Waals surface area contributed by atoms with Gasteiger partial charge in [0.25, 0.3) is 0 Å². The lowest BCUT2D eigenvalue weighted by Gasteiger charge is -2.21. The van der Waals surface area contributed by atoms with E-state index < -0.39 is 0 Å². The summed E-state index contributed by atoms with van der Waals surface area (Å²) in [4.78, 5) is 2.34. The summed E-state index contributed by atoms with van der Waals surface area (Å²) in [6, 6.07) is 10.2. The predicted molar refractivity (Wildman–Crippen MR) is 75.1 cm³/mol. The second-order valence-electron chi connectivity index (χ2n) is 5.15. The monoisotopic (exact) mass is 246 g/mol. The van der Waals surface area contributed by atoms with E-state index >= 15 is 0 Å². The molecule has 2 fully saturated rings. The molecule has 2 unspecified atom stereocenters. The molecule has 2 aliphatic rings. The van der Waals surface area contributed by atoms with Crippen LogP contribution in [-0.4, -0.2) is 23.1 Å². The highest BCUT2D eigenvalue weighted by molar-refractivity contribution is 7.80. The second-order valence-corrected chi connectivity index (χ2v) is 5.54. The Kier molecular flexibility index (Phi) is 3.02. The van der Waals surface area contributed by atoms with Crippen molar-refractivity contribution in [3.8, 4) is 0 Å². The number of rotatable bonds is 1. The molecule has 2 nitrogen and oxygen atoms in total. The first-order valence-corrected chi connectivity index (χ1v) is 6.85. The first kappa shape index (κ1) is 11.0. The Bertz CT molecular complexity index is 392. The molecule has 0 aromatic heterocycles. The molecule has 90 valence electrons. The van der Waals surface area contributed by atoms with Crippen molar-refractivity contribution in [2.75, 3.05) is 18.4 Å². The number of hydrogen-bond acceptors (Lipinski definition) is 1. The van der Waals surface area contributed by atoms with Crippen molar-refractivity contribution >= 4 is 23.0 Å². The summed E-state index contributed by atoms with van der Waals surface area (Å²) in [6.07, 6.45) is 4.21. The normalized spacial score (nSPS) is 26.9. The van der Waals surface area contributed by atoms with E-state index in [0.29, 0.717) is 0 Å². The van der Waals surface area contributed by atoms with Crippen molar-refractivity contribution in [1.29, 1.82) is 0 Å². The Morgan fingerprint density at radius 2 is 1.76 bits per heavy atom. The van der Waals surface area contributed by atoms with Gasteiger partial charge in [-0.15, -0.1) is 0 Å². The summed E-state index contributed by atoms with van der Waals surface area (Å²) >= 11 is 5.49. The second kappa shape index (κ2) is 4.65. The minimum atomic E-state index is 0.894. The third-order valence-electron chi connectivity index (χ3n) is 4.04. The molecule has 0 amide bonds. The Morgan fingerprint density at radius 1 is 1.12 bits per heavy atom. The zero-order chi connectivity index (χ0) is 11.7. The van der Waals surface area contributed by atoms with Gasteiger partial charge in [-0.05, 0) is 49.0 Å². The summed E-state index contributed by atoms with van der Waals surface area (Å²) in [7, 11) is 0. The fraction of sp³-hybridized carbons (Fsp3) is 0.500. The van der Waals surface area contributed by atoms with E-state index in [1.165, 1.54) is 19.3 Å². The van der Waals surface area contributed by atoms with E-state index in [1.807, 2.05) is 18.2 Å². The van der Waals surface area contributed by atoms with Crippen molar-refractivity contribution in [2.45, 2.75) is 19.3 Å². The lowest BCUT2D eigenvalue weighted by Crippen LogP contribution is -2.33. The molecule has 1 saturated carbocycles. The molecular weight excluding hydrogens is 228 g/mol. The van der Waals surface area contributed by atoms with Gasteiger partial charge in [-0.1, -0.05) is 24.6 Å². The number of hydrogen-bond donors (Lipinski definition) is 1. The number of anilines is 1. The summed E-state index contributed by atoms with van der Waals surface area (Å²) in [6.45, 7) is 2.31. The highest BCUT2D eigenvalue weighted by atomic mass is 32.1. The van der Waals surface area contributed by atoms with Gasteiger partial charge in [0.2, 0.25) is 0 Å². The van der Waals surface area contributed by atoms with Crippen LogP contribution in [0.2, 0.25) is 0 Å².